The second-order valence-corrected chi connectivity index (χ2v) is 6.61. The van der Waals surface area contributed by atoms with Crippen LogP contribution in [0.2, 0.25) is 0 Å². The highest BCUT2D eigenvalue weighted by atomic mass is 16.5. The second kappa shape index (κ2) is 5.98. The summed E-state index contributed by atoms with van der Waals surface area (Å²) >= 11 is 0. The summed E-state index contributed by atoms with van der Waals surface area (Å²) in [4.78, 5) is 38.8. The number of esters is 1. The Balaban J connectivity index is 1.92. The van der Waals surface area contributed by atoms with E-state index in [-0.39, 0.29) is 37.0 Å². The van der Waals surface area contributed by atoms with E-state index in [9.17, 15) is 14.4 Å². The normalized spacial score (nSPS) is 22.4. The van der Waals surface area contributed by atoms with Crippen molar-refractivity contribution in [1.82, 2.24) is 5.43 Å². The van der Waals surface area contributed by atoms with Crippen molar-refractivity contribution in [2.24, 2.45) is 5.10 Å². The monoisotopic (exact) mass is 343 g/mol. The molecule has 1 unspecified atom stereocenters. The summed E-state index contributed by atoms with van der Waals surface area (Å²) in [6, 6.07) is 3.88. The molecule has 0 bridgehead atoms. The molecule has 0 aromatic heterocycles. The molecule has 0 saturated carbocycles. The van der Waals surface area contributed by atoms with Crippen LogP contribution in [-0.4, -0.2) is 35.6 Å². The number of hydrogen-bond donors (Lipinski definition) is 1. The number of nitrogens with zero attached hydrogens (tertiary/aromatic N) is 2. The molecule has 0 radical (unpaired) electrons. The maximum Gasteiger partial charge on any atom is 0.354 e. The molecule has 1 atom stereocenters. The highest BCUT2D eigenvalue weighted by molar-refractivity contribution is 6.39. The van der Waals surface area contributed by atoms with Crippen molar-refractivity contribution in [2.75, 3.05) is 11.5 Å². The lowest BCUT2D eigenvalue weighted by Crippen LogP contribution is -2.48. The fraction of sp³-hybridized carbons (Fsp3) is 0.444. The predicted octanol–water partition coefficient (Wildman–Crippen LogP) is 1.53. The van der Waals surface area contributed by atoms with E-state index in [1.807, 2.05) is 32.9 Å². The van der Waals surface area contributed by atoms with Crippen LogP contribution in [0, 0.1) is 20.8 Å². The Bertz CT molecular complexity index is 792. The van der Waals surface area contributed by atoms with Gasteiger partial charge in [-0.1, -0.05) is 17.7 Å². The molecule has 25 heavy (non-hydrogen) atoms. The number of ether oxygens (including phenoxy) is 1. The Morgan fingerprint density at radius 1 is 1.24 bits per heavy atom. The van der Waals surface area contributed by atoms with Gasteiger partial charge in [0.05, 0.1) is 18.7 Å². The first-order chi connectivity index (χ1) is 11.8. The Hall–Kier alpha value is -2.70. The van der Waals surface area contributed by atoms with Crippen molar-refractivity contribution >= 4 is 29.2 Å². The summed E-state index contributed by atoms with van der Waals surface area (Å²) in [5.41, 5.74) is 5.08. The van der Waals surface area contributed by atoms with Crippen LogP contribution in [0.25, 0.3) is 0 Å². The molecule has 2 aliphatic heterocycles. The standard InChI is InChI=1S/C18H21N3O4/c1-5-25-16(23)13-8-18(20-19-13)9-14(22)21(17(18)24)15-11(3)6-10(2)7-12(15)4/h6-7,20H,5,8-9H2,1-4H3. The lowest BCUT2D eigenvalue weighted by molar-refractivity contribution is -0.135. The third-order valence-electron chi connectivity index (χ3n) is 4.56. The SMILES string of the molecule is CCOC(=O)C1=NNC2(CC(=O)N(c3c(C)cc(C)cc3C)C2=O)C1. The highest BCUT2D eigenvalue weighted by Crippen LogP contribution is 2.37. The first kappa shape index (κ1) is 17.1. The predicted molar refractivity (Wildman–Crippen MR) is 92.3 cm³/mol. The average Bonchev–Trinajstić information content (AvgIpc) is 3.04. The number of carbonyl (C=O) groups excluding carboxylic acids is 3. The highest BCUT2D eigenvalue weighted by Gasteiger charge is 2.56. The van der Waals surface area contributed by atoms with Crippen LogP contribution in [0.5, 0.6) is 0 Å². The molecule has 1 fully saturated rings. The van der Waals surface area contributed by atoms with Crippen LogP contribution in [0.4, 0.5) is 5.69 Å². The number of nitrogens with one attached hydrogen (secondary N) is 1. The number of hydrogen-bond acceptors (Lipinski definition) is 6. The molecule has 7 nitrogen and oxygen atoms in total. The van der Waals surface area contributed by atoms with Gasteiger partial charge in [0, 0.05) is 6.42 Å². The summed E-state index contributed by atoms with van der Waals surface area (Å²) < 4.78 is 4.93. The van der Waals surface area contributed by atoms with Gasteiger partial charge in [-0.05, 0) is 38.8 Å². The zero-order valence-electron chi connectivity index (χ0n) is 14.8. The Morgan fingerprint density at radius 2 is 1.88 bits per heavy atom. The van der Waals surface area contributed by atoms with Gasteiger partial charge in [0.2, 0.25) is 5.91 Å². The molecule has 2 amide bonds. The molecule has 0 aliphatic carbocycles. The molecule has 1 aromatic rings. The van der Waals surface area contributed by atoms with Crippen molar-refractivity contribution in [3.8, 4) is 0 Å². The van der Waals surface area contributed by atoms with Gasteiger partial charge >= 0.3 is 5.97 Å². The van der Waals surface area contributed by atoms with Crippen LogP contribution in [0.3, 0.4) is 0 Å². The van der Waals surface area contributed by atoms with E-state index in [0.29, 0.717) is 5.69 Å². The van der Waals surface area contributed by atoms with Crippen molar-refractivity contribution in [1.29, 1.82) is 0 Å². The third kappa shape index (κ3) is 2.69. The van der Waals surface area contributed by atoms with E-state index >= 15 is 0 Å². The van der Waals surface area contributed by atoms with Gasteiger partial charge in [0.1, 0.15) is 11.3 Å². The van der Waals surface area contributed by atoms with Gasteiger partial charge < -0.3 is 4.74 Å². The van der Waals surface area contributed by atoms with Gasteiger partial charge in [-0.2, -0.15) is 5.10 Å². The van der Waals surface area contributed by atoms with E-state index in [0.717, 1.165) is 16.7 Å². The zero-order valence-corrected chi connectivity index (χ0v) is 14.8. The summed E-state index contributed by atoms with van der Waals surface area (Å²) in [6.07, 6.45) is 0.0157. The van der Waals surface area contributed by atoms with Gasteiger partial charge in [-0.25, -0.2) is 9.69 Å². The maximum absolute atomic E-state index is 13.1. The molecule has 1 N–H and O–H groups in total. The second-order valence-electron chi connectivity index (χ2n) is 6.61. The van der Waals surface area contributed by atoms with Crippen molar-refractivity contribution < 1.29 is 19.1 Å². The number of benzene rings is 1. The smallest absolute Gasteiger partial charge is 0.354 e. The van der Waals surface area contributed by atoms with Crippen LogP contribution < -0.4 is 10.3 Å². The molecule has 7 heteroatoms. The average molecular weight is 343 g/mol. The number of aryl methyl sites for hydroxylation is 3. The molecule has 2 heterocycles. The number of anilines is 1. The molecule has 1 aromatic carbocycles. The van der Waals surface area contributed by atoms with Gasteiger partial charge in [-0.3, -0.25) is 15.0 Å². The summed E-state index contributed by atoms with van der Waals surface area (Å²) in [6.45, 7) is 7.65. The fourth-order valence-electron chi connectivity index (χ4n) is 3.59. The Morgan fingerprint density at radius 3 is 2.48 bits per heavy atom. The first-order valence-corrected chi connectivity index (χ1v) is 8.25. The minimum atomic E-state index is -1.19. The lowest BCUT2D eigenvalue weighted by atomic mass is 9.92. The lowest BCUT2D eigenvalue weighted by Gasteiger charge is -2.23. The van der Waals surface area contributed by atoms with E-state index in [1.165, 1.54) is 4.90 Å². The number of hydrazone groups is 1. The van der Waals surface area contributed by atoms with Crippen LogP contribution >= 0.6 is 0 Å². The molecule has 3 rings (SSSR count). The van der Waals surface area contributed by atoms with Crippen LogP contribution in [-0.2, 0) is 19.1 Å². The minimum Gasteiger partial charge on any atom is -0.461 e. The number of amides is 2. The molecular weight excluding hydrogens is 322 g/mol. The summed E-state index contributed by atoms with van der Waals surface area (Å²) in [5, 5.41) is 3.95. The van der Waals surface area contributed by atoms with E-state index in [4.69, 9.17) is 4.74 Å². The summed E-state index contributed by atoms with van der Waals surface area (Å²) in [7, 11) is 0. The maximum atomic E-state index is 13.1. The van der Waals surface area contributed by atoms with E-state index < -0.39 is 11.5 Å². The van der Waals surface area contributed by atoms with Crippen molar-refractivity contribution in [3.63, 3.8) is 0 Å². The number of imide groups is 1. The number of carbonyl (C=O) groups is 3. The topological polar surface area (TPSA) is 88.1 Å². The van der Waals surface area contributed by atoms with Gasteiger partial charge in [0.25, 0.3) is 5.91 Å². The minimum absolute atomic E-state index is 0.0367. The van der Waals surface area contributed by atoms with Crippen LogP contribution in [0.1, 0.15) is 36.5 Å². The molecule has 132 valence electrons. The molecular formula is C18H21N3O4. The largest absolute Gasteiger partial charge is 0.461 e. The quantitative estimate of drug-likeness (QED) is 0.664. The van der Waals surface area contributed by atoms with E-state index in [2.05, 4.69) is 10.5 Å². The first-order valence-electron chi connectivity index (χ1n) is 8.25. The van der Waals surface area contributed by atoms with Crippen LogP contribution in [0.15, 0.2) is 17.2 Å². The summed E-state index contributed by atoms with van der Waals surface area (Å²) in [5.74, 6) is -1.24. The van der Waals surface area contributed by atoms with Crippen molar-refractivity contribution in [2.45, 2.75) is 46.1 Å². The third-order valence-corrected chi connectivity index (χ3v) is 4.56. The molecule has 1 saturated heterocycles. The number of rotatable bonds is 3. The Labute approximate surface area is 146 Å². The van der Waals surface area contributed by atoms with Gasteiger partial charge in [-0.15, -0.1) is 0 Å². The fourth-order valence-corrected chi connectivity index (χ4v) is 3.59. The zero-order chi connectivity index (χ0) is 18.4. The molecule has 1 spiro atoms. The van der Waals surface area contributed by atoms with Crippen molar-refractivity contribution in [3.05, 3.63) is 28.8 Å². The van der Waals surface area contributed by atoms with E-state index in [1.54, 1.807) is 6.92 Å². The van der Waals surface area contributed by atoms with Gasteiger partial charge in [0.15, 0.2) is 0 Å². The molecule has 2 aliphatic rings. The Kier molecular flexibility index (Phi) is 4.10.